The Kier molecular flexibility index (Phi) is 5.39. The van der Waals surface area contributed by atoms with E-state index in [2.05, 4.69) is 33.0 Å². The van der Waals surface area contributed by atoms with Gasteiger partial charge >= 0.3 is 0 Å². The summed E-state index contributed by atoms with van der Waals surface area (Å²) in [6.45, 7) is 5.28. The zero-order chi connectivity index (χ0) is 10.3. The first-order valence-corrected chi connectivity index (χ1v) is 4.66. The summed E-state index contributed by atoms with van der Waals surface area (Å²) >= 11 is 0. The van der Waals surface area contributed by atoms with E-state index < -0.39 is 0 Å². The molecule has 0 aromatic rings. The van der Waals surface area contributed by atoms with Crippen LogP contribution in [0.1, 0.15) is 12.8 Å². The van der Waals surface area contributed by atoms with E-state index in [0.717, 1.165) is 30.4 Å². The van der Waals surface area contributed by atoms with Crippen LogP contribution < -0.4 is 5.32 Å². The second-order valence-corrected chi connectivity index (χ2v) is 4.22. The normalized spacial score (nSPS) is 11.0. The lowest BCUT2D eigenvalue weighted by Gasteiger charge is -2.23. The maximum Gasteiger partial charge on any atom is 0.243 e. The van der Waals surface area contributed by atoms with E-state index >= 15 is 0 Å². The van der Waals surface area contributed by atoms with E-state index in [1.807, 2.05) is 0 Å². The summed E-state index contributed by atoms with van der Waals surface area (Å²) in [6.07, 6.45) is 3.48. The van der Waals surface area contributed by atoms with Gasteiger partial charge in [0.15, 0.2) is 0 Å². The Hall–Kier alpha value is -0.830. The van der Waals surface area contributed by atoms with Gasteiger partial charge in [-0.3, -0.25) is 4.79 Å². The van der Waals surface area contributed by atoms with Crippen LogP contribution in [-0.4, -0.2) is 44.6 Å². The van der Waals surface area contributed by atoms with Gasteiger partial charge in [0, 0.05) is 6.54 Å². The molecule has 3 heteroatoms. The molecule has 1 amide bonds. The average molecular weight is 185 g/mol. The van der Waals surface area contributed by atoms with Crippen molar-refractivity contribution in [1.82, 2.24) is 5.32 Å². The van der Waals surface area contributed by atoms with Gasteiger partial charge in [0.1, 0.15) is 0 Å². The SMILES string of the molecule is C=CC(=O)NCCCC[N+](C)(C)C. The Morgan fingerprint density at radius 3 is 2.46 bits per heavy atom. The van der Waals surface area contributed by atoms with Gasteiger partial charge in [-0.15, -0.1) is 0 Å². The van der Waals surface area contributed by atoms with Gasteiger partial charge < -0.3 is 9.80 Å². The zero-order valence-corrected chi connectivity index (χ0v) is 8.97. The molecule has 0 heterocycles. The third-order valence-electron chi connectivity index (χ3n) is 1.74. The highest BCUT2D eigenvalue weighted by molar-refractivity contribution is 5.86. The van der Waals surface area contributed by atoms with Gasteiger partial charge in [-0.25, -0.2) is 0 Å². The van der Waals surface area contributed by atoms with E-state index in [0.29, 0.717) is 0 Å². The largest absolute Gasteiger partial charge is 0.353 e. The molecule has 0 aliphatic heterocycles. The predicted octanol–water partition coefficient (Wildman–Crippen LogP) is 0.775. The molecule has 0 aliphatic rings. The van der Waals surface area contributed by atoms with Crippen molar-refractivity contribution in [1.29, 1.82) is 0 Å². The van der Waals surface area contributed by atoms with Crippen molar-refractivity contribution in [3.63, 3.8) is 0 Å². The molecule has 0 unspecified atom stereocenters. The predicted molar refractivity (Wildman–Crippen MR) is 55.3 cm³/mol. The molecular weight excluding hydrogens is 164 g/mol. The topological polar surface area (TPSA) is 29.1 Å². The first kappa shape index (κ1) is 12.2. The summed E-state index contributed by atoms with van der Waals surface area (Å²) in [7, 11) is 6.51. The Bertz CT molecular complexity index is 170. The number of rotatable bonds is 6. The first-order valence-electron chi connectivity index (χ1n) is 4.66. The summed E-state index contributed by atoms with van der Waals surface area (Å²) in [6, 6.07) is 0. The summed E-state index contributed by atoms with van der Waals surface area (Å²) in [5.74, 6) is -0.0785. The lowest BCUT2D eigenvalue weighted by molar-refractivity contribution is -0.870. The molecular formula is C10H21N2O+. The second kappa shape index (κ2) is 5.75. The number of nitrogens with zero attached hydrogens (tertiary/aromatic N) is 1. The Morgan fingerprint density at radius 2 is 2.00 bits per heavy atom. The summed E-state index contributed by atoms with van der Waals surface area (Å²) in [5, 5.41) is 2.75. The molecule has 0 fully saturated rings. The monoisotopic (exact) mass is 185 g/mol. The molecule has 76 valence electrons. The van der Waals surface area contributed by atoms with Crippen molar-refractivity contribution < 1.29 is 9.28 Å². The number of unbranched alkanes of at least 4 members (excludes halogenated alkanes) is 1. The molecule has 0 aliphatic carbocycles. The number of carbonyl (C=O) groups excluding carboxylic acids is 1. The highest BCUT2D eigenvalue weighted by Crippen LogP contribution is 1.96. The van der Waals surface area contributed by atoms with Crippen molar-refractivity contribution in [3.8, 4) is 0 Å². The minimum Gasteiger partial charge on any atom is -0.353 e. The van der Waals surface area contributed by atoms with Gasteiger partial charge in [0.25, 0.3) is 0 Å². The molecule has 3 nitrogen and oxygen atoms in total. The fourth-order valence-corrected chi connectivity index (χ4v) is 0.995. The third-order valence-corrected chi connectivity index (χ3v) is 1.74. The molecule has 0 radical (unpaired) electrons. The van der Waals surface area contributed by atoms with E-state index in [1.165, 1.54) is 6.08 Å². The van der Waals surface area contributed by atoms with Gasteiger partial charge in [0.05, 0.1) is 27.7 Å². The highest BCUT2D eigenvalue weighted by atomic mass is 16.1. The zero-order valence-electron chi connectivity index (χ0n) is 8.97. The number of quaternary nitrogens is 1. The standard InChI is InChI=1S/C10H20N2O/c1-5-10(13)11-8-6-7-9-12(2,3)4/h5H,1,6-9H2,2-4H3/p+1. The van der Waals surface area contributed by atoms with Crippen molar-refractivity contribution in [3.05, 3.63) is 12.7 Å². The van der Waals surface area contributed by atoms with E-state index in [1.54, 1.807) is 0 Å². The van der Waals surface area contributed by atoms with Gasteiger partial charge in [-0.1, -0.05) is 6.58 Å². The van der Waals surface area contributed by atoms with E-state index in [9.17, 15) is 4.79 Å². The van der Waals surface area contributed by atoms with Crippen molar-refractivity contribution >= 4 is 5.91 Å². The molecule has 0 saturated heterocycles. The third kappa shape index (κ3) is 9.08. The maximum absolute atomic E-state index is 10.7. The molecule has 0 rings (SSSR count). The highest BCUT2D eigenvalue weighted by Gasteiger charge is 2.05. The first-order chi connectivity index (χ1) is 5.95. The molecule has 0 saturated carbocycles. The number of hydrogen-bond donors (Lipinski definition) is 1. The fraction of sp³-hybridized carbons (Fsp3) is 0.700. The number of carbonyl (C=O) groups is 1. The maximum atomic E-state index is 10.7. The average Bonchev–Trinajstić information content (AvgIpc) is 2.01. The molecule has 13 heavy (non-hydrogen) atoms. The quantitative estimate of drug-likeness (QED) is 0.370. The van der Waals surface area contributed by atoms with Gasteiger partial charge in [0.2, 0.25) is 5.91 Å². The Morgan fingerprint density at radius 1 is 1.38 bits per heavy atom. The second-order valence-electron chi connectivity index (χ2n) is 4.22. The molecule has 0 spiro atoms. The smallest absolute Gasteiger partial charge is 0.243 e. The fourth-order valence-electron chi connectivity index (χ4n) is 0.995. The van der Waals surface area contributed by atoms with Gasteiger partial charge in [-0.05, 0) is 18.9 Å². The minimum atomic E-state index is -0.0785. The van der Waals surface area contributed by atoms with Crippen LogP contribution in [0.25, 0.3) is 0 Å². The van der Waals surface area contributed by atoms with Gasteiger partial charge in [-0.2, -0.15) is 0 Å². The lowest BCUT2D eigenvalue weighted by atomic mass is 10.3. The Labute approximate surface area is 81.0 Å². The number of hydrogen-bond acceptors (Lipinski definition) is 1. The van der Waals surface area contributed by atoms with Crippen LogP contribution in [0.3, 0.4) is 0 Å². The summed E-state index contributed by atoms with van der Waals surface area (Å²) < 4.78 is 0.982. The van der Waals surface area contributed by atoms with Crippen LogP contribution in [0.4, 0.5) is 0 Å². The number of nitrogens with one attached hydrogen (secondary N) is 1. The Balaban J connectivity index is 3.27. The summed E-state index contributed by atoms with van der Waals surface area (Å²) in [5.41, 5.74) is 0. The molecule has 0 aromatic carbocycles. The molecule has 0 aromatic heterocycles. The van der Waals surface area contributed by atoms with Crippen LogP contribution in [0, 0.1) is 0 Å². The van der Waals surface area contributed by atoms with E-state index in [4.69, 9.17) is 0 Å². The van der Waals surface area contributed by atoms with Crippen LogP contribution in [0.2, 0.25) is 0 Å². The van der Waals surface area contributed by atoms with Crippen LogP contribution in [-0.2, 0) is 4.79 Å². The lowest BCUT2D eigenvalue weighted by Crippen LogP contribution is -2.35. The van der Waals surface area contributed by atoms with Crippen molar-refractivity contribution in [2.75, 3.05) is 34.2 Å². The molecule has 1 N–H and O–H groups in total. The minimum absolute atomic E-state index is 0.0785. The van der Waals surface area contributed by atoms with E-state index in [-0.39, 0.29) is 5.91 Å². The van der Waals surface area contributed by atoms with Crippen LogP contribution in [0.5, 0.6) is 0 Å². The number of amides is 1. The van der Waals surface area contributed by atoms with Crippen molar-refractivity contribution in [2.24, 2.45) is 0 Å². The molecule has 0 atom stereocenters. The van der Waals surface area contributed by atoms with Crippen LogP contribution in [0.15, 0.2) is 12.7 Å². The summed E-state index contributed by atoms with van der Waals surface area (Å²) in [4.78, 5) is 10.7. The molecule has 0 bridgehead atoms. The van der Waals surface area contributed by atoms with Crippen molar-refractivity contribution in [2.45, 2.75) is 12.8 Å². The van der Waals surface area contributed by atoms with Crippen LogP contribution >= 0.6 is 0 Å².